The van der Waals surface area contributed by atoms with E-state index < -0.39 is 18.0 Å². The second kappa shape index (κ2) is 15.9. The molecule has 0 N–H and O–H groups in total. The van der Waals surface area contributed by atoms with Gasteiger partial charge in [-0.05, 0) is 145 Å². The molecule has 332 valence electrons. The number of hydrogen-bond acceptors (Lipinski definition) is 4. The van der Waals surface area contributed by atoms with E-state index in [4.69, 9.17) is 19.5 Å². The zero-order valence-electron chi connectivity index (χ0n) is 42.3. The minimum Gasteiger partial charge on any atom is -0.508 e. The van der Waals surface area contributed by atoms with Crippen LogP contribution in [0.2, 0.25) is 0 Å². The molecule has 3 heterocycles. The van der Waals surface area contributed by atoms with Gasteiger partial charge in [0.1, 0.15) is 17.1 Å². The minimum atomic E-state index is -1.60. The quantitative estimate of drug-likeness (QED) is 0.161. The van der Waals surface area contributed by atoms with Gasteiger partial charge in [0.25, 0.3) is 0 Å². The molecule has 0 spiro atoms. The van der Waals surface area contributed by atoms with Gasteiger partial charge < -0.3 is 14.0 Å². The first-order chi connectivity index (χ1) is 30.2. The number of fused-ring (bicyclic) bond motifs is 6. The van der Waals surface area contributed by atoms with Gasteiger partial charge in [-0.15, -0.1) is 29.8 Å². The van der Waals surface area contributed by atoms with Gasteiger partial charge in [0.2, 0.25) is 0 Å². The second-order valence-electron chi connectivity index (χ2n) is 21.5. The zero-order chi connectivity index (χ0) is 46.9. The largest absolute Gasteiger partial charge is 2.00 e. The van der Waals surface area contributed by atoms with E-state index in [-0.39, 0.29) is 43.7 Å². The van der Waals surface area contributed by atoms with Crippen LogP contribution in [0.1, 0.15) is 140 Å². The smallest absolute Gasteiger partial charge is 0.508 e. The first-order valence-corrected chi connectivity index (χ1v) is 22.5. The molecule has 5 nitrogen and oxygen atoms in total. The Balaban J connectivity index is 0.00000592. The first kappa shape index (κ1) is 42.9. The standard InChI is InChI=1S/C58H63N3O2.Pt/c1-33-23-34(2)51(35(3)24-33)38-26-39(54-60-50-21-19-45-37(5)52(57(12,13)14)36(4)25-48(45)58(50,15)63-54)28-43(27-38)62-44-30-41(56(9,10)11)29-42(32-44)61-49-20-18-40(55(6,7)8)31-47(49)46-17-16-22-59-53(46)61;/h16-18,20,22-27,29-31,50H,19,21H2,1-15H3;/q-2;+2/t50-,58+;/m1./s1/i19D2;. The summed E-state index contributed by atoms with van der Waals surface area (Å²) >= 11 is 0. The van der Waals surface area contributed by atoms with Crippen LogP contribution in [0.5, 0.6) is 11.5 Å². The molecule has 1 aliphatic heterocycles. The number of rotatable bonds is 5. The molecule has 0 bridgehead atoms. The molecular formula is C58H63N3O2Pt. The summed E-state index contributed by atoms with van der Waals surface area (Å²) in [6, 6.07) is 32.8. The molecule has 0 amide bonds. The van der Waals surface area contributed by atoms with E-state index >= 15 is 0 Å². The van der Waals surface area contributed by atoms with Crippen LogP contribution in [0.25, 0.3) is 38.8 Å². The summed E-state index contributed by atoms with van der Waals surface area (Å²) in [7, 11) is 0. The number of benzene rings is 5. The van der Waals surface area contributed by atoms with Gasteiger partial charge in [0.05, 0.1) is 11.6 Å². The molecule has 1 aliphatic carbocycles. The molecule has 64 heavy (non-hydrogen) atoms. The number of pyridine rings is 1. The van der Waals surface area contributed by atoms with Crippen LogP contribution in [0.15, 0.2) is 84.0 Å². The zero-order valence-corrected chi connectivity index (χ0v) is 42.5. The molecule has 2 aliphatic rings. The molecular weight excluding hydrogens is 966 g/mol. The van der Waals surface area contributed by atoms with Crippen molar-refractivity contribution < 1.29 is 33.3 Å². The second-order valence-corrected chi connectivity index (χ2v) is 21.5. The maximum absolute atomic E-state index is 9.46. The van der Waals surface area contributed by atoms with Gasteiger partial charge in [-0.2, -0.15) is 0 Å². The number of aromatic nitrogens is 2. The Bertz CT molecular complexity index is 3120. The maximum Gasteiger partial charge on any atom is 2.00 e. The van der Waals surface area contributed by atoms with E-state index in [1.807, 2.05) is 12.3 Å². The Kier molecular flexibility index (Phi) is 10.6. The molecule has 0 saturated carbocycles. The van der Waals surface area contributed by atoms with E-state index in [9.17, 15) is 2.74 Å². The maximum atomic E-state index is 9.46. The van der Waals surface area contributed by atoms with Gasteiger partial charge in [0.15, 0.2) is 0 Å². The number of aliphatic imine (C=N–C) groups is 1. The monoisotopic (exact) mass is 1030 g/mol. The van der Waals surface area contributed by atoms with Gasteiger partial charge in [-0.3, -0.25) is 4.99 Å². The van der Waals surface area contributed by atoms with Crippen LogP contribution in [0, 0.1) is 46.8 Å². The fourth-order valence-electron chi connectivity index (χ4n) is 10.4. The topological polar surface area (TPSA) is 48.6 Å². The molecule has 2 aromatic heterocycles. The molecule has 9 rings (SSSR count). The summed E-state index contributed by atoms with van der Waals surface area (Å²) in [4.78, 5) is 10.2. The Morgan fingerprint density at radius 3 is 2.12 bits per heavy atom. The molecule has 6 heteroatoms. The van der Waals surface area contributed by atoms with Crippen LogP contribution in [-0.2, 0) is 54.0 Å². The van der Waals surface area contributed by atoms with Gasteiger partial charge in [-0.25, -0.2) is 4.98 Å². The van der Waals surface area contributed by atoms with Crippen molar-refractivity contribution in [3.8, 4) is 28.3 Å². The SMILES string of the molecule is [2H]C1([2H])C[C@H]2N=C(c3[c-]c(Oc4[c-]c(-n5c6ccc(C(C)(C)C)cc6c6cccnc65)cc(C(C)(C)C)c4)cc(-c4c(C)cc(C)cc4C)c3)O[C@@]2(C)c2cc(C)c(C(C)(C)C)c(C)c21.[Pt+2]. The van der Waals surface area contributed by atoms with Crippen LogP contribution in [0.4, 0.5) is 0 Å². The fraction of sp³-hybridized carbons (Fsp3) is 0.379. The fourth-order valence-corrected chi connectivity index (χ4v) is 10.4. The van der Waals surface area contributed by atoms with Crippen molar-refractivity contribution in [3.05, 3.63) is 152 Å². The van der Waals surface area contributed by atoms with E-state index in [0.717, 1.165) is 77.7 Å². The normalized spacial score (nSPS) is 18.7. The van der Waals surface area contributed by atoms with Gasteiger partial charge in [-0.1, -0.05) is 121 Å². The van der Waals surface area contributed by atoms with Crippen LogP contribution >= 0.6 is 0 Å². The van der Waals surface area contributed by atoms with E-state index in [0.29, 0.717) is 23.0 Å². The average molecular weight is 1030 g/mol. The Hall–Kier alpha value is -4.99. The Morgan fingerprint density at radius 1 is 0.766 bits per heavy atom. The Labute approximate surface area is 398 Å². The summed E-state index contributed by atoms with van der Waals surface area (Å²) in [5.74, 6) is 1.49. The van der Waals surface area contributed by atoms with E-state index in [1.165, 1.54) is 16.7 Å². The summed E-state index contributed by atoms with van der Waals surface area (Å²) in [6.45, 7) is 32.7. The molecule has 5 aromatic carbocycles. The Morgan fingerprint density at radius 2 is 1.45 bits per heavy atom. The molecule has 7 aromatic rings. The van der Waals surface area contributed by atoms with Crippen LogP contribution < -0.4 is 4.74 Å². The van der Waals surface area contributed by atoms with Crippen molar-refractivity contribution in [2.45, 2.75) is 145 Å². The van der Waals surface area contributed by atoms with Gasteiger partial charge in [0, 0.05) is 31.2 Å². The van der Waals surface area contributed by atoms with Crippen molar-refractivity contribution in [3.63, 3.8) is 0 Å². The number of hydrogen-bond donors (Lipinski definition) is 0. The molecule has 0 fully saturated rings. The van der Waals surface area contributed by atoms with Crippen molar-refractivity contribution >= 4 is 27.8 Å². The van der Waals surface area contributed by atoms with E-state index in [2.05, 4.69) is 187 Å². The van der Waals surface area contributed by atoms with E-state index in [1.54, 1.807) is 0 Å². The molecule has 2 atom stereocenters. The third kappa shape index (κ3) is 7.84. The summed E-state index contributed by atoms with van der Waals surface area (Å²) in [5.41, 5.74) is 15.0. The molecule has 0 unspecified atom stereocenters. The van der Waals surface area contributed by atoms with Crippen LogP contribution in [0.3, 0.4) is 0 Å². The number of nitrogens with zero attached hydrogens (tertiary/aromatic N) is 3. The first-order valence-electron chi connectivity index (χ1n) is 23.5. The number of ether oxygens (including phenoxy) is 2. The summed E-state index contributed by atoms with van der Waals surface area (Å²) < 4.78 is 35.2. The summed E-state index contributed by atoms with van der Waals surface area (Å²) in [6.07, 6.45) is 0.466. The van der Waals surface area contributed by atoms with Crippen LogP contribution in [-0.4, -0.2) is 21.5 Å². The summed E-state index contributed by atoms with van der Waals surface area (Å²) in [5, 5.41) is 2.23. The number of aryl methyl sites for hydroxylation is 4. The molecule has 0 saturated heterocycles. The minimum absolute atomic E-state index is 0. The third-order valence-corrected chi connectivity index (χ3v) is 13.3. The molecule has 0 radical (unpaired) electrons. The predicted octanol–water partition coefficient (Wildman–Crippen LogP) is 14.7. The van der Waals surface area contributed by atoms with Crippen molar-refractivity contribution in [2.75, 3.05) is 0 Å². The average Bonchev–Trinajstić information content (AvgIpc) is 3.70. The van der Waals surface area contributed by atoms with Crippen molar-refractivity contribution in [1.29, 1.82) is 0 Å². The van der Waals surface area contributed by atoms with Crippen molar-refractivity contribution in [1.82, 2.24) is 9.55 Å². The third-order valence-electron chi connectivity index (χ3n) is 13.3. The van der Waals surface area contributed by atoms with Crippen molar-refractivity contribution in [2.24, 2.45) is 4.99 Å². The van der Waals surface area contributed by atoms with Gasteiger partial charge >= 0.3 is 21.1 Å². The predicted molar refractivity (Wildman–Crippen MR) is 262 cm³/mol.